The number of aromatic nitrogens is 1. The number of carbonyl (C=O) groups excluding carboxylic acids is 1. The summed E-state index contributed by atoms with van der Waals surface area (Å²) in [5, 5.41) is 7.58. The first kappa shape index (κ1) is 16.4. The highest BCUT2D eigenvalue weighted by Crippen LogP contribution is 2.28. The summed E-state index contributed by atoms with van der Waals surface area (Å²) in [7, 11) is 0. The van der Waals surface area contributed by atoms with Crippen molar-refractivity contribution in [2.24, 2.45) is 0 Å². The number of hydrogen-bond donors (Lipinski definition) is 1. The molecule has 0 atom stereocenters. The summed E-state index contributed by atoms with van der Waals surface area (Å²) in [6.07, 6.45) is 1.53. The van der Waals surface area contributed by atoms with Gasteiger partial charge in [-0.2, -0.15) is 0 Å². The molecule has 0 radical (unpaired) electrons. The van der Waals surface area contributed by atoms with Crippen LogP contribution in [-0.4, -0.2) is 17.7 Å². The van der Waals surface area contributed by atoms with Gasteiger partial charge < -0.3 is 9.26 Å². The second-order valence-corrected chi connectivity index (χ2v) is 5.74. The fourth-order valence-corrected chi connectivity index (χ4v) is 2.26. The Labute approximate surface area is 148 Å². The van der Waals surface area contributed by atoms with Gasteiger partial charge in [-0.15, -0.1) is 0 Å². The number of ether oxygens (including phenoxy) is 1. The quantitative estimate of drug-likeness (QED) is 0.716. The second kappa shape index (κ2) is 7.38. The van der Waals surface area contributed by atoms with Gasteiger partial charge in [0.1, 0.15) is 5.75 Å². The van der Waals surface area contributed by atoms with Gasteiger partial charge in [-0.05, 0) is 42.0 Å². The molecule has 24 heavy (non-hydrogen) atoms. The van der Waals surface area contributed by atoms with Crippen LogP contribution in [0.5, 0.6) is 5.75 Å². The van der Waals surface area contributed by atoms with Crippen LogP contribution in [0.2, 0.25) is 10.0 Å². The van der Waals surface area contributed by atoms with Crippen molar-refractivity contribution >= 4 is 35.0 Å². The first-order chi connectivity index (χ1) is 11.6. The third-order valence-electron chi connectivity index (χ3n) is 3.16. The molecule has 0 saturated heterocycles. The van der Waals surface area contributed by atoms with Crippen molar-refractivity contribution in [3.05, 3.63) is 64.8 Å². The van der Waals surface area contributed by atoms with Crippen molar-refractivity contribution in [1.29, 1.82) is 0 Å². The Bertz CT molecular complexity index is 830. The summed E-state index contributed by atoms with van der Waals surface area (Å²) < 4.78 is 10.5. The number of hydrogen-bond acceptors (Lipinski definition) is 4. The monoisotopic (exact) mass is 362 g/mol. The van der Waals surface area contributed by atoms with E-state index in [0.717, 1.165) is 5.56 Å². The van der Waals surface area contributed by atoms with Crippen molar-refractivity contribution in [2.75, 3.05) is 11.9 Å². The molecule has 3 rings (SSSR count). The SMILES string of the molecule is O=C(COc1ccc(Cl)cc1)Nc1oncc1-c1ccc(Cl)cc1. The van der Waals surface area contributed by atoms with Crippen molar-refractivity contribution in [2.45, 2.75) is 0 Å². The topological polar surface area (TPSA) is 64.4 Å². The third-order valence-corrected chi connectivity index (χ3v) is 3.67. The van der Waals surface area contributed by atoms with Crippen LogP contribution in [0.25, 0.3) is 11.1 Å². The molecule has 0 spiro atoms. The van der Waals surface area contributed by atoms with Gasteiger partial charge in [0, 0.05) is 10.0 Å². The van der Waals surface area contributed by atoms with Crippen LogP contribution >= 0.6 is 23.2 Å². The van der Waals surface area contributed by atoms with E-state index in [0.29, 0.717) is 21.4 Å². The van der Waals surface area contributed by atoms with E-state index in [1.807, 2.05) is 12.1 Å². The minimum atomic E-state index is -0.364. The molecule has 0 bridgehead atoms. The van der Waals surface area contributed by atoms with Gasteiger partial charge in [0.25, 0.3) is 5.91 Å². The molecule has 0 aliphatic heterocycles. The Morgan fingerprint density at radius 1 is 1.04 bits per heavy atom. The highest BCUT2D eigenvalue weighted by Gasteiger charge is 2.14. The molecule has 0 saturated carbocycles. The zero-order valence-corrected chi connectivity index (χ0v) is 13.8. The predicted molar refractivity (Wildman–Crippen MR) is 92.5 cm³/mol. The highest BCUT2D eigenvalue weighted by molar-refractivity contribution is 6.30. The zero-order valence-electron chi connectivity index (χ0n) is 12.3. The van der Waals surface area contributed by atoms with E-state index in [4.69, 9.17) is 32.5 Å². The molecule has 2 aromatic carbocycles. The molecule has 1 amide bonds. The summed E-state index contributed by atoms with van der Waals surface area (Å²) >= 11 is 11.7. The molecule has 0 unspecified atom stereocenters. The van der Waals surface area contributed by atoms with Crippen molar-refractivity contribution < 1.29 is 14.1 Å². The number of halogens is 2. The van der Waals surface area contributed by atoms with Gasteiger partial charge in [-0.3, -0.25) is 10.1 Å². The summed E-state index contributed by atoms with van der Waals surface area (Å²) in [5.41, 5.74) is 1.49. The van der Waals surface area contributed by atoms with Crippen molar-refractivity contribution in [1.82, 2.24) is 5.16 Å². The zero-order chi connectivity index (χ0) is 16.9. The van der Waals surface area contributed by atoms with Crippen LogP contribution in [-0.2, 0) is 4.79 Å². The Kier molecular flexibility index (Phi) is 5.03. The Balaban J connectivity index is 1.64. The standard InChI is InChI=1S/C17H12Cl2N2O3/c18-12-3-1-11(2-4-12)15-9-20-24-17(15)21-16(22)10-23-14-7-5-13(19)6-8-14/h1-9H,10H2,(H,21,22). The molecule has 0 aliphatic rings. The summed E-state index contributed by atoms with van der Waals surface area (Å²) in [5.74, 6) is 0.434. The van der Waals surface area contributed by atoms with Gasteiger partial charge in [-0.25, -0.2) is 0 Å². The lowest BCUT2D eigenvalue weighted by molar-refractivity contribution is -0.118. The average molecular weight is 363 g/mol. The molecule has 1 N–H and O–H groups in total. The lowest BCUT2D eigenvalue weighted by atomic mass is 10.1. The minimum absolute atomic E-state index is 0.164. The smallest absolute Gasteiger partial charge is 0.264 e. The lowest BCUT2D eigenvalue weighted by Gasteiger charge is -2.07. The normalized spacial score (nSPS) is 10.4. The van der Waals surface area contributed by atoms with E-state index in [1.165, 1.54) is 6.20 Å². The van der Waals surface area contributed by atoms with E-state index in [2.05, 4.69) is 10.5 Å². The molecular formula is C17H12Cl2N2O3. The van der Waals surface area contributed by atoms with Crippen LogP contribution in [0.1, 0.15) is 0 Å². The number of benzene rings is 2. The first-order valence-electron chi connectivity index (χ1n) is 7.00. The van der Waals surface area contributed by atoms with E-state index < -0.39 is 0 Å². The van der Waals surface area contributed by atoms with Crippen LogP contribution < -0.4 is 10.1 Å². The van der Waals surface area contributed by atoms with Crippen LogP contribution in [0, 0.1) is 0 Å². The molecule has 122 valence electrons. The average Bonchev–Trinajstić information content (AvgIpc) is 3.03. The molecule has 1 aromatic heterocycles. The van der Waals surface area contributed by atoms with Crippen molar-refractivity contribution in [3.8, 4) is 16.9 Å². The molecule has 0 fully saturated rings. The molecule has 1 heterocycles. The minimum Gasteiger partial charge on any atom is -0.484 e. The third kappa shape index (κ3) is 4.07. The van der Waals surface area contributed by atoms with E-state index >= 15 is 0 Å². The van der Waals surface area contributed by atoms with Crippen LogP contribution in [0.15, 0.2) is 59.3 Å². The first-order valence-corrected chi connectivity index (χ1v) is 7.76. The Morgan fingerprint density at radius 2 is 1.67 bits per heavy atom. The maximum Gasteiger partial charge on any atom is 0.264 e. The number of amides is 1. The van der Waals surface area contributed by atoms with E-state index in [9.17, 15) is 4.79 Å². The maximum atomic E-state index is 12.0. The molecule has 5 nitrogen and oxygen atoms in total. The number of anilines is 1. The van der Waals surface area contributed by atoms with Crippen LogP contribution in [0.4, 0.5) is 5.88 Å². The van der Waals surface area contributed by atoms with Gasteiger partial charge in [0.15, 0.2) is 6.61 Å². The Morgan fingerprint density at radius 3 is 2.33 bits per heavy atom. The lowest BCUT2D eigenvalue weighted by Crippen LogP contribution is -2.20. The second-order valence-electron chi connectivity index (χ2n) is 4.87. The summed E-state index contributed by atoms with van der Waals surface area (Å²) in [4.78, 5) is 12.0. The maximum absolute atomic E-state index is 12.0. The number of nitrogens with zero attached hydrogens (tertiary/aromatic N) is 1. The fraction of sp³-hybridized carbons (Fsp3) is 0.0588. The number of rotatable bonds is 5. The number of nitrogens with one attached hydrogen (secondary N) is 1. The van der Waals surface area contributed by atoms with Gasteiger partial charge >= 0.3 is 0 Å². The number of carbonyl (C=O) groups is 1. The van der Waals surface area contributed by atoms with Gasteiger partial charge in [0.05, 0.1) is 11.8 Å². The fourth-order valence-electron chi connectivity index (χ4n) is 2.01. The summed E-state index contributed by atoms with van der Waals surface area (Å²) in [6.45, 7) is -0.164. The largest absolute Gasteiger partial charge is 0.484 e. The predicted octanol–water partition coefficient (Wildman–Crippen LogP) is 4.67. The van der Waals surface area contributed by atoms with Gasteiger partial charge in [-0.1, -0.05) is 40.5 Å². The molecule has 0 aliphatic carbocycles. The van der Waals surface area contributed by atoms with E-state index in [1.54, 1.807) is 36.4 Å². The van der Waals surface area contributed by atoms with Gasteiger partial charge in [0.2, 0.25) is 5.88 Å². The van der Waals surface area contributed by atoms with E-state index in [-0.39, 0.29) is 18.4 Å². The van der Waals surface area contributed by atoms with Crippen LogP contribution in [0.3, 0.4) is 0 Å². The summed E-state index contributed by atoms with van der Waals surface area (Å²) in [6, 6.07) is 13.9. The molecular weight excluding hydrogens is 351 g/mol. The Hall–Kier alpha value is -2.50. The highest BCUT2D eigenvalue weighted by atomic mass is 35.5. The molecule has 7 heteroatoms. The van der Waals surface area contributed by atoms with Crippen molar-refractivity contribution in [3.63, 3.8) is 0 Å². The molecule has 3 aromatic rings.